The van der Waals surface area contributed by atoms with Gasteiger partial charge in [-0.2, -0.15) is 0 Å². The summed E-state index contributed by atoms with van der Waals surface area (Å²) in [6.07, 6.45) is 1.37. The van der Waals surface area contributed by atoms with Crippen LogP contribution in [0.2, 0.25) is 5.02 Å². The average molecular weight is 482 g/mol. The van der Waals surface area contributed by atoms with E-state index in [-0.39, 0.29) is 15.4 Å². The molecule has 3 aromatic carbocycles. The molecule has 9 heteroatoms. The molecule has 1 heterocycles. The number of anilines is 1. The molecular formula is C24H20ClN3O4S. The van der Waals surface area contributed by atoms with Crippen molar-refractivity contribution >= 4 is 43.9 Å². The van der Waals surface area contributed by atoms with Gasteiger partial charge in [-0.25, -0.2) is 8.42 Å². The zero-order valence-corrected chi connectivity index (χ0v) is 19.2. The number of ether oxygens (including phenoxy) is 1. The molecule has 0 bridgehead atoms. The van der Waals surface area contributed by atoms with Crippen molar-refractivity contribution in [2.75, 3.05) is 12.4 Å². The van der Waals surface area contributed by atoms with Crippen molar-refractivity contribution in [2.45, 2.75) is 16.3 Å². The molecule has 0 unspecified atom stereocenters. The van der Waals surface area contributed by atoms with Crippen LogP contribution >= 0.6 is 11.6 Å². The maximum Gasteiger partial charge on any atom is 0.252 e. The molecule has 4 aromatic rings. The van der Waals surface area contributed by atoms with Gasteiger partial charge in [-0.15, -0.1) is 0 Å². The van der Waals surface area contributed by atoms with E-state index in [1.807, 2.05) is 6.07 Å². The third-order valence-electron chi connectivity index (χ3n) is 5.15. The summed E-state index contributed by atoms with van der Waals surface area (Å²) >= 11 is 6.21. The van der Waals surface area contributed by atoms with Crippen molar-refractivity contribution in [3.05, 3.63) is 89.1 Å². The van der Waals surface area contributed by atoms with Crippen LogP contribution in [0.3, 0.4) is 0 Å². The molecule has 0 aliphatic carbocycles. The fourth-order valence-corrected chi connectivity index (χ4v) is 5.05. The number of nitrogens with one attached hydrogen (secondary N) is 1. The van der Waals surface area contributed by atoms with Crippen molar-refractivity contribution in [3.63, 3.8) is 0 Å². The minimum absolute atomic E-state index is 0.0835. The highest BCUT2D eigenvalue weighted by Crippen LogP contribution is 2.31. The second kappa shape index (κ2) is 9.09. The molecule has 0 saturated heterocycles. The minimum atomic E-state index is -3.76. The summed E-state index contributed by atoms with van der Waals surface area (Å²) in [7, 11) is -2.23. The quantitative estimate of drug-likeness (QED) is 0.403. The zero-order valence-electron chi connectivity index (χ0n) is 17.6. The molecule has 0 spiro atoms. The number of hydrogen-bond donors (Lipinski definition) is 2. The van der Waals surface area contributed by atoms with Crippen LogP contribution in [0.1, 0.15) is 15.9 Å². The Morgan fingerprint density at radius 1 is 1.06 bits per heavy atom. The number of primary amides is 1. The van der Waals surface area contributed by atoms with Gasteiger partial charge in [-0.05, 0) is 48.0 Å². The Labute approximate surface area is 196 Å². The Hall–Kier alpha value is -3.62. The fraction of sp³-hybridized carbons (Fsp3) is 0.0833. The lowest BCUT2D eigenvalue weighted by Crippen LogP contribution is -2.15. The van der Waals surface area contributed by atoms with Crippen LogP contribution in [0.25, 0.3) is 10.9 Å². The summed E-state index contributed by atoms with van der Waals surface area (Å²) in [4.78, 5) is 16.6. The third kappa shape index (κ3) is 4.48. The number of sulfone groups is 1. The summed E-state index contributed by atoms with van der Waals surface area (Å²) in [6.45, 7) is 0.304. The van der Waals surface area contributed by atoms with Gasteiger partial charge in [-0.3, -0.25) is 9.78 Å². The van der Waals surface area contributed by atoms with E-state index in [1.165, 1.54) is 37.6 Å². The van der Waals surface area contributed by atoms with Crippen molar-refractivity contribution in [1.29, 1.82) is 0 Å². The number of nitrogens with two attached hydrogens (primary N) is 1. The van der Waals surface area contributed by atoms with E-state index in [2.05, 4.69) is 10.3 Å². The summed E-state index contributed by atoms with van der Waals surface area (Å²) in [5.41, 5.74) is 7.46. The first-order valence-electron chi connectivity index (χ1n) is 9.90. The summed E-state index contributed by atoms with van der Waals surface area (Å²) in [5, 5.41) is 4.11. The van der Waals surface area contributed by atoms with Crippen LogP contribution < -0.4 is 15.8 Å². The van der Waals surface area contributed by atoms with E-state index >= 15 is 0 Å². The number of pyridine rings is 1. The molecule has 1 aromatic heterocycles. The maximum atomic E-state index is 13.1. The molecular weight excluding hydrogens is 462 g/mol. The second-order valence-corrected chi connectivity index (χ2v) is 9.59. The lowest BCUT2D eigenvalue weighted by atomic mass is 10.1. The molecule has 0 radical (unpaired) electrons. The highest BCUT2D eigenvalue weighted by Gasteiger charge is 2.20. The SMILES string of the molecule is COc1ccc(CNc2c(C(N)=O)cnc3ccc(S(=O)(=O)c4ccccc4)cc23)cc1Cl. The van der Waals surface area contributed by atoms with E-state index in [4.69, 9.17) is 22.1 Å². The van der Waals surface area contributed by atoms with Crippen molar-refractivity contribution in [2.24, 2.45) is 5.73 Å². The first-order valence-corrected chi connectivity index (χ1v) is 11.8. The number of amides is 1. The normalized spacial score (nSPS) is 11.3. The number of aromatic nitrogens is 1. The molecule has 168 valence electrons. The number of benzene rings is 3. The predicted molar refractivity (Wildman–Crippen MR) is 127 cm³/mol. The molecule has 0 atom stereocenters. The van der Waals surface area contributed by atoms with Gasteiger partial charge in [0.15, 0.2) is 0 Å². The van der Waals surface area contributed by atoms with Gasteiger partial charge in [0.25, 0.3) is 5.91 Å². The lowest BCUT2D eigenvalue weighted by molar-refractivity contribution is 0.100. The van der Waals surface area contributed by atoms with E-state index in [0.717, 1.165) is 5.56 Å². The highest BCUT2D eigenvalue weighted by molar-refractivity contribution is 7.91. The molecule has 7 nitrogen and oxygen atoms in total. The molecule has 1 amide bonds. The van der Waals surface area contributed by atoms with Crippen LogP contribution in [0, 0.1) is 0 Å². The topological polar surface area (TPSA) is 111 Å². The van der Waals surface area contributed by atoms with E-state index in [9.17, 15) is 13.2 Å². The van der Waals surface area contributed by atoms with Gasteiger partial charge >= 0.3 is 0 Å². The number of nitrogens with zero attached hydrogens (tertiary/aromatic N) is 1. The van der Waals surface area contributed by atoms with E-state index in [0.29, 0.717) is 33.9 Å². The third-order valence-corrected chi connectivity index (χ3v) is 7.22. The second-order valence-electron chi connectivity index (χ2n) is 7.23. The van der Waals surface area contributed by atoms with Crippen LogP contribution in [0.15, 0.2) is 82.7 Å². The standard InChI is InChI=1S/C24H20ClN3O4S/c1-32-22-10-7-15(11-20(22)25)13-28-23-18-12-17(33(30,31)16-5-3-2-4-6-16)8-9-21(18)27-14-19(23)24(26)29/h2-12,14H,13H2,1H3,(H2,26,29)(H,27,28). The van der Waals surface area contributed by atoms with Crippen LogP contribution in [-0.4, -0.2) is 26.4 Å². The van der Waals surface area contributed by atoms with Crippen LogP contribution in [0.5, 0.6) is 5.75 Å². The molecule has 33 heavy (non-hydrogen) atoms. The predicted octanol–water partition coefficient (Wildman–Crippen LogP) is 4.44. The Bertz CT molecular complexity index is 1460. The first-order chi connectivity index (χ1) is 15.8. The lowest BCUT2D eigenvalue weighted by Gasteiger charge is -2.15. The Morgan fingerprint density at radius 2 is 1.82 bits per heavy atom. The Kier molecular flexibility index (Phi) is 6.22. The van der Waals surface area contributed by atoms with Crippen molar-refractivity contribution in [1.82, 2.24) is 4.98 Å². The van der Waals surface area contributed by atoms with E-state index in [1.54, 1.807) is 36.4 Å². The highest BCUT2D eigenvalue weighted by atomic mass is 35.5. The minimum Gasteiger partial charge on any atom is -0.495 e. The molecule has 0 saturated carbocycles. The summed E-state index contributed by atoms with van der Waals surface area (Å²) in [6, 6.07) is 18.0. The van der Waals surface area contributed by atoms with Crippen molar-refractivity contribution in [3.8, 4) is 5.75 Å². The Morgan fingerprint density at radius 3 is 2.48 bits per heavy atom. The van der Waals surface area contributed by atoms with Gasteiger partial charge < -0.3 is 15.8 Å². The van der Waals surface area contributed by atoms with Gasteiger partial charge in [0.1, 0.15) is 5.75 Å². The summed E-state index contributed by atoms with van der Waals surface area (Å²) in [5.74, 6) is -0.139. The molecule has 0 aliphatic heterocycles. The van der Waals surface area contributed by atoms with Gasteiger partial charge in [-0.1, -0.05) is 35.9 Å². The molecule has 0 aliphatic rings. The average Bonchev–Trinajstić information content (AvgIpc) is 2.82. The number of fused-ring (bicyclic) bond motifs is 1. The van der Waals surface area contributed by atoms with Gasteiger partial charge in [0.05, 0.1) is 38.7 Å². The number of halogens is 1. The Balaban J connectivity index is 1.80. The van der Waals surface area contributed by atoms with Crippen LogP contribution in [-0.2, 0) is 16.4 Å². The number of carbonyl (C=O) groups excluding carboxylic acids is 1. The number of rotatable bonds is 7. The number of hydrogen-bond acceptors (Lipinski definition) is 6. The maximum absolute atomic E-state index is 13.1. The largest absolute Gasteiger partial charge is 0.495 e. The van der Waals surface area contributed by atoms with Crippen LogP contribution in [0.4, 0.5) is 5.69 Å². The van der Waals surface area contributed by atoms with Gasteiger partial charge in [0.2, 0.25) is 9.84 Å². The summed E-state index contributed by atoms with van der Waals surface area (Å²) < 4.78 is 31.4. The number of methoxy groups -OCH3 is 1. The first kappa shape index (κ1) is 22.6. The molecule has 0 fully saturated rings. The smallest absolute Gasteiger partial charge is 0.252 e. The zero-order chi connectivity index (χ0) is 23.6. The number of carbonyl (C=O) groups is 1. The molecule has 4 rings (SSSR count). The van der Waals surface area contributed by atoms with Gasteiger partial charge in [0, 0.05) is 18.1 Å². The fourth-order valence-electron chi connectivity index (χ4n) is 3.46. The van der Waals surface area contributed by atoms with E-state index < -0.39 is 15.7 Å². The van der Waals surface area contributed by atoms with Crippen molar-refractivity contribution < 1.29 is 17.9 Å². The molecule has 3 N–H and O–H groups in total. The monoisotopic (exact) mass is 481 g/mol.